The van der Waals surface area contributed by atoms with Crippen LogP contribution in [-0.2, 0) is 9.53 Å². The number of nitrogens with zero attached hydrogens (tertiary/aromatic N) is 2. The molecule has 2 heterocycles. The molecule has 2 aromatic rings. The number of halogens is 2. The van der Waals surface area contributed by atoms with Crippen LogP contribution >= 0.6 is 23.4 Å². The number of hydrogen-bond donors (Lipinski definition) is 2. The number of fused-ring (bicyclic) bond motifs is 1. The first-order chi connectivity index (χ1) is 16.4. The summed E-state index contributed by atoms with van der Waals surface area (Å²) in [6.45, 7) is 2.76. The highest BCUT2D eigenvalue weighted by Gasteiger charge is 2.38. The van der Waals surface area contributed by atoms with Gasteiger partial charge < -0.3 is 20.3 Å². The maximum absolute atomic E-state index is 13.3. The smallest absolute Gasteiger partial charge is 0.338 e. The minimum atomic E-state index is -0.558. The molecular weight excluding hydrogens is 479 g/mol. The van der Waals surface area contributed by atoms with Crippen molar-refractivity contribution >= 4 is 51.9 Å². The largest absolute Gasteiger partial charge is 0.466 e. The Morgan fingerprint density at radius 3 is 2.59 bits per heavy atom. The van der Waals surface area contributed by atoms with Gasteiger partial charge in [0, 0.05) is 23.7 Å². The summed E-state index contributed by atoms with van der Waals surface area (Å²) in [5.41, 5.74) is 3.11. The predicted molar refractivity (Wildman–Crippen MR) is 134 cm³/mol. The molecule has 0 radical (unpaired) electrons. The number of amidine groups is 1. The third-order valence-corrected chi connectivity index (χ3v) is 6.92. The number of hydrogen-bond acceptors (Lipinski definition) is 6. The van der Waals surface area contributed by atoms with E-state index in [1.165, 1.54) is 25.3 Å². The van der Waals surface area contributed by atoms with Crippen LogP contribution in [0.4, 0.5) is 20.6 Å². The van der Waals surface area contributed by atoms with Gasteiger partial charge in [-0.3, -0.25) is 0 Å². The van der Waals surface area contributed by atoms with Gasteiger partial charge in [0.15, 0.2) is 5.17 Å². The molecule has 0 bridgehead atoms. The number of amides is 2. The normalized spacial score (nSPS) is 17.6. The van der Waals surface area contributed by atoms with Crippen molar-refractivity contribution in [1.29, 1.82) is 0 Å². The Morgan fingerprint density at radius 1 is 1.21 bits per heavy atom. The standard InChI is InChI=1S/C24H24ClFN4O3S/c1-3-19-20(22(31)33-2)21(30-11-4-12-34-24(30)29-19)14-5-7-15(8-6-14)27-23(32)28-16-9-10-18(26)17(25)13-16/h5-10,13,21H,3-4,11-12H2,1-2H3,(H2,27,28,32). The summed E-state index contributed by atoms with van der Waals surface area (Å²) in [5.74, 6) is 0.0433. The number of urea groups is 1. The number of allylic oxidation sites excluding steroid dienone is 1. The van der Waals surface area contributed by atoms with Crippen molar-refractivity contribution in [2.75, 3.05) is 30.0 Å². The Bertz CT molecular complexity index is 1170. The van der Waals surface area contributed by atoms with Crippen molar-refractivity contribution in [1.82, 2.24) is 4.90 Å². The summed E-state index contributed by atoms with van der Waals surface area (Å²) < 4.78 is 18.4. The van der Waals surface area contributed by atoms with Gasteiger partial charge in [0.05, 0.1) is 29.4 Å². The molecule has 2 N–H and O–H groups in total. The van der Waals surface area contributed by atoms with E-state index >= 15 is 0 Å². The zero-order valence-corrected chi connectivity index (χ0v) is 20.3. The van der Waals surface area contributed by atoms with Crippen LogP contribution in [0.2, 0.25) is 5.02 Å². The second-order valence-electron chi connectivity index (χ2n) is 7.73. The van der Waals surface area contributed by atoms with E-state index in [9.17, 15) is 14.0 Å². The molecule has 34 heavy (non-hydrogen) atoms. The van der Waals surface area contributed by atoms with E-state index < -0.39 is 11.8 Å². The Kier molecular flexibility index (Phi) is 7.43. The van der Waals surface area contributed by atoms with E-state index in [1.54, 1.807) is 23.9 Å². The average Bonchev–Trinajstić information content (AvgIpc) is 2.85. The number of thioether (sulfide) groups is 1. The topological polar surface area (TPSA) is 83.0 Å². The predicted octanol–water partition coefficient (Wildman–Crippen LogP) is 5.81. The lowest BCUT2D eigenvalue weighted by molar-refractivity contribution is -0.136. The molecule has 2 aliphatic heterocycles. The molecule has 0 saturated carbocycles. The molecule has 1 saturated heterocycles. The quantitative estimate of drug-likeness (QED) is 0.504. The van der Waals surface area contributed by atoms with Crippen molar-refractivity contribution in [3.63, 3.8) is 0 Å². The highest BCUT2D eigenvalue weighted by atomic mass is 35.5. The van der Waals surface area contributed by atoms with Crippen molar-refractivity contribution in [3.05, 3.63) is 70.1 Å². The minimum absolute atomic E-state index is 0.0747. The minimum Gasteiger partial charge on any atom is -0.466 e. The monoisotopic (exact) mass is 502 g/mol. The van der Waals surface area contributed by atoms with Crippen LogP contribution < -0.4 is 10.6 Å². The van der Waals surface area contributed by atoms with Crippen LogP contribution in [0.3, 0.4) is 0 Å². The molecule has 2 amide bonds. The van der Waals surface area contributed by atoms with Gasteiger partial charge in [-0.1, -0.05) is 42.4 Å². The van der Waals surface area contributed by atoms with Gasteiger partial charge in [0.25, 0.3) is 0 Å². The number of anilines is 2. The summed E-state index contributed by atoms with van der Waals surface area (Å²) in [4.78, 5) is 32.0. The lowest BCUT2D eigenvalue weighted by atomic mass is 9.93. The summed E-state index contributed by atoms with van der Waals surface area (Å²) in [7, 11) is 1.38. The number of esters is 1. The number of aliphatic imine (C=N–C) groups is 1. The van der Waals surface area contributed by atoms with Crippen molar-refractivity contribution in [3.8, 4) is 0 Å². The number of carbonyl (C=O) groups excluding carboxylic acids is 2. The summed E-state index contributed by atoms with van der Waals surface area (Å²) >= 11 is 7.46. The van der Waals surface area contributed by atoms with Gasteiger partial charge in [-0.15, -0.1) is 0 Å². The van der Waals surface area contributed by atoms with Gasteiger partial charge in [0.1, 0.15) is 5.82 Å². The number of methoxy groups -OCH3 is 1. The van der Waals surface area contributed by atoms with E-state index in [1.807, 2.05) is 19.1 Å². The fraction of sp³-hybridized carbons (Fsp3) is 0.292. The maximum Gasteiger partial charge on any atom is 0.338 e. The van der Waals surface area contributed by atoms with Gasteiger partial charge in [-0.2, -0.15) is 0 Å². The van der Waals surface area contributed by atoms with Gasteiger partial charge in [-0.25, -0.2) is 19.0 Å². The molecule has 1 unspecified atom stereocenters. The van der Waals surface area contributed by atoms with Crippen LogP contribution in [0.1, 0.15) is 31.4 Å². The molecule has 7 nitrogen and oxygen atoms in total. The number of nitrogens with one attached hydrogen (secondary N) is 2. The molecule has 2 aliphatic rings. The molecule has 1 atom stereocenters. The van der Waals surface area contributed by atoms with Crippen LogP contribution in [0.5, 0.6) is 0 Å². The molecule has 0 spiro atoms. The van der Waals surface area contributed by atoms with Gasteiger partial charge >= 0.3 is 12.0 Å². The fourth-order valence-corrected chi connectivity index (χ4v) is 5.15. The Hall–Kier alpha value is -3.04. The maximum atomic E-state index is 13.3. The highest BCUT2D eigenvalue weighted by molar-refractivity contribution is 8.13. The van der Waals surface area contributed by atoms with Crippen LogP contribution in [0.15, 0.2) is 58.7 Å². The van der Waals surface area contributed by atoms with Gasteiger partial charge in [0.2, 0.25) is 0 Å². The SMILES string of the molecule is CCC1=C(C(=O)OC)C(c2ccc(NC(=O)Nc3ccc(F)c(Cl)c3)cc2)N2CCCSC2=N1. The molecule has 4 rings (SSSR count). The number of ether oxygens (including phenoxy) is 1. The van der Waals surface area contributed by atoms with E-state index in [-0.39, 0.29) is 17.0 Å². The number of carbonyl (C=O) groups is 2. The van der Waals surface area contributed by atoms with E-state index in [2.05, 4.69) is 15.5 Å². The Morgan fingerprint density at radius 2 is 1.91 bits per heavy atom. The van der Waals surface area contributed by atoms with E-state index in [0.717, 1.165) is 35.1 Å². The molecule has 10 heteroatoms. The van der Waals surface area contributed by atoms with Crippen molar-refractivity contribution in [2.24, 2.45) is 4.99 Å². The second kappa shape index (κ2) is 10.5. The molecule has 178 valence electrons. The second-order valence-corrected chi connectivity index (χ2v) is 9.20. The summed E-state index contributed by atoms with van der Waals surface area (Å²) in [6.07, 6.45) is 1.61. The Balaban J connectivity index is 1.56. The molecule has 0 aliphatic carbocycles. The zero-order chi connectivity index (χ0) is 24.2. The van der Waals surface area contributed by atoms with Crippen molar-refractivity contribution < 1.29 is 18.7 Å². The first kappa shape index (κ1) is 24.1. The third kappa shape index (κ3) is 5.05. The average molecular weight is 503 g/mol. The highest BCUT2D eigenvalue weighted by Crippen LogP contribution is 2.40. The van der Waals surface area contributed by atoms with Crippen LogP contribution in [-0.4, -0.2) is 41.5 Å². The first-order valence-electron chi connectivity index (χ1n) is 10.8. The number of rotatable bonds is 5. The third-order valence-electron chi connectivity index (χ3n) is 5.55. The van der Waals surface area contributed by atoms with E-state index in [4.69, 9.17) is 21.3 Å². The first-order valence-corrected chi connectivity index (χ1v) is 12.2. The van der Waals surface area contributed by atoms with Crippen molar-refractivity contribution in [2.45, 2.75) is 25.8 Å². The number of benzene rings is 2. The van der Waals surface area contributed by atoms with Crippen LogP contribution in [0.25, 0.3) is 0 Å². The molecule has 1 fully saturated rings. The fourth-order valence-electron chi connectivity index (χ4n) is 3.97. The Labute approximate surface area is 206 Å². The zero-order valence-electron chi connectivity index (χ0n) is 18.7. The van der Waals surface area contributed by atoms with Gasteiger partial charge in [-0.05, 0) is 48.7 Å². The lowest BCUT2D eigenvalue weighted by Crippen LogP contribution is -2.42. The molecule has 0 aromatic heterocycles. The van der Waals surface area contributed by atoms with Crippen LogP contribution in [0, 0.1) is 5.82 Å². The summed E-state index contributed by atoms with van der Waals surface area (Å²) in [6, 6.07) is 10.5. The molecule has 2 aromatic carbocycles. The summed E-state index contributed by atoms with van der Waals surface area (Å²) in [5, 5.41) is 6.21. The van der Waals surface area contributed by atoms with E-state index in [0.29, 0.717) is 23.4 Å². The molecular formula is C24H24ClFN4O3S. The lowest BCUT2D eigenvalue weighted by Gasteiger charge is -2.40.